The van der Waals surface area contributed by atoms with Crippen molar-refractivity contribution in [2.24, 2.45) is 11.8 Å². The predicted molar refractivity (Wildman–Crippen MR) is 64.8 cm³/mol. The molecular weight excluding hydrogens is 228 g/mol. The molecule has 16 heavy (non-hydrogen) atoms. The summed E-state index contributed by atoms with van der Waals surface area (Å²) >= 11 is 0. The smallest absolute Gasteiger partial charge is 0.226 e. The predicted octanol–water partition coefficient (Wildman–Crippen LogP) is 0.513. The minimum atomic E-state index is 0. The number of carbonyl (C=O) groups excluding carboxylic acids is 1. The summed E-state index contributed by atoms with van der Waals surface area (Å²) in [5.74, 6) is 1.05. The van der Waals surface area contributed by atoms with Crippen molar-refractivity contribution in [3.63, 3.8) is 0 Å². The van der Waals surface area contributed by atoms with Crippen LogP contribution in [0.2, 0.25) is 0 Å². The third-order valence-electron chi connectivity index (χ3n) is 3.34. The average molecular weight is 249 g/mol. The summed E-state index contributed by atoms with van der Waals surface area (Å²) in [6.07, 6.45) is 2.09. The van der Waals surface area contributed by atoms with Crippen molar-refractivity contribution in [2.75, 3.05) is 39.9 Å². The van der Waals surface area contributed by atoms with Gasteiger partial charge in [0.2, 0.25) is 5.91 Å². The van der Waals surface area contributed by atoms with E-state index in [9.17, 15) is 4.79 Å². The van der Waals surface area contributed by atoms with Gasteiger partial charge in [0.1, 0.15) is 0 Å². The van der Waals surface area contributed by atoms with E-state index in [1.807, 2.05) is 11.9 Å². The van der Waals surface area contributed by atoms with Crippen molar-refractivity contribution < 1.29 is 9.53 Å². The zero-order valence-corrected chi connectivity index (χ0v) is 10.6. The van der Waals surface area contributed by atoms with Gasteiger partial charge in [0.05, 0.1) is 12.5 Å². The number of rotatable bonds is 3. The molecule has 2 rings (SSSR count). The van der Waals surface area contributed by atoms with Crippen LogP contribution >= 0.6 is 12.4 Å². The minimum absolute atomic E-state index is 0. The first-order chi connectivity index (χ1) is 7.27. The molecule has 2 heterocycles. The lowest BCUT2D eigenvalue weighted by Crippen LogP contribution is -2.37. The molecule has 2 saturated heterocycles. The fraction of sp³-hybridized carbons (Fsp3) is 0.909. The van der Waals surface area contributed by atoms with Crippen molar-refractivity contribution >= 4 is 18.3 Å². The molecule has 2 aliphatic rings. The van der Waals surface area contributed by atoms with Crippen molar-refractivity contribution in [1.29, 1.82) is 0 Å². The molecule has 0 aromatic carbocycles. The first kappa shape index (κ1) is 13.7. The number of carbonyl (C=O) groups is 1. The molecule has 0 saturated carbocycles. The molecule has 2 aliphatic heterocycles. The summed E-state index contributed by atoms with van der Waals surface area (Å²) in [7, 11) is 1.92. The molecule has 0 spiro atoms. The second-order valence-electron chi connectivity index (χ2n) is 4.64. The zero-order chi connectivity index (χ0) is 10.7. The van der Waals surface area contributed by atoms with Crippen LogP contribution in [0.4, 0.5) is 0 Å². The molecule has 5 heteroatoms. The molecule has 2 atom stereocenters. The summed E-state index contributed by atoms with van der Waals surface area (Å²) in [6, 6.07) is 0. The molecule has 1 unspecified atom stereocenters. The van der Waals surface area contributed by atoms with Crippen LogP contribution in [-0.2, 0) is 9.53 Å². The quantitative estimate of drug-likeness (QED) is 0.792. The monoisotopic (exact) mass is 248 g/mol. The van der Waals surface area contributed by atoms with Crippen molar-refractivity contribution in [1.82, 2.24) is 10.2 Å². The van der Waals surface area contributed by atoms with E-state index in [0.29, 0.717) is 11.8 Å². The standard InChI is InChI=1S/C11H20N2O2.ClH/c1-13(7-9-3-5-15-8-9)11(14)10-2-4-12-6-10;/h9-10,12H,2-8H2,1H3;1H/t9?,10-;/m1./s1. The molecule has 2 fully saturated rings. The number of halogens is 1. The van der Waals surface area contributed by atoms with Crippen molar-refractivity contribution in [2.45, 2.75) is 12.8 Å². The molecule has 4 nitrogen and oxygen atoms in total. The van der Waals surface area contributed by atoms with Crippen LogP contribution in [-0.4, -0.2) is 50.7 Å². The zero-order valence-electron chi connectivity index (χ0n) is 9.78. The van der Waals surface area contributed by atoms with E-state index >= 15 is 0 Å². The van der Waals surface area contributed by atoms with Crippen LogP contribution in [0.15, 0.2) is 0 Å². The number of nitrogens with zero attached hydrogens (tertiary/aromatic N) is 1. The first-order valence-electron chi connectivity index (χ1n) is 5.81. The van der Waals surface area contributed by atoms with Gasteiger partial charge in [-0.2, -0.15) is 0 Å². The Morgan fingerprint density at radius 1 is 1.50 bits per heavy atom. The summed E-state index contributed by atoms with van der Waals surface area (Å²) in [6.45, 7) is 4.37. The third kappa shape index (κ3) is 3.34. The number of hydrogen-bond acceptors (Lipinski definition) is 3. The van der Waals surface area contributed by atoms with Gasteiger partial charge < -0.3 is 15.0 Å². The molecule has 0 aromatic rings. The van der Waals surface area contributed by atoms with Gasteiger partial charge in [-0.3, -0.25) is 4.79 Å². The molecule has 1 N–H and O–H groups in total. The summed E-state index contributed by atoms with van der Waals surface area (Å²) in [5.41, 5.74) is 0. The summed E-state index contributed by atoms with van der Waals surface area (Å²) in [4.78, 5) is 13.9. The van der Waals surface area contributed by atoms with Gasteiger partial charge in [-0.15, -0.1) is 12.4 Å². The Morgan fingerprint density at radius 3 is 2.88 bits per heavy atom. The van der Waals surface area contributed by atoms with Crippen LogP contribution in [0.1, 0.15) is 12.8 Å². The van der Waals surface area contributed by atoms with E-state index in [1.54, 1.807) is 0 Å². The molecule has 0 aliphatic carbocycles. The lowest BCUT2D eigenvalue weighted by molar-refractivity contribution is -0.134. The van der Waals surface area contributed by atoms with Gasteiger partial charge in [0.25, 0.3) is 0 Å². The molecule has 1 amide bonds. The SMILES string of the molecule is CN(CC1CCOC1)C(=O)[C@@H]1CCNC1.Cl. The fourth-order valence-electron chi connectivity index (χ4n) is 2.38. The Bertz CT molecular complexity index is 226. The Labute approximate surface area is 103 Å². The molecule has 0 radical (unpaired) electrons. The van der Waals surface area contributed by atoms with Gasteiger partial charge >= 0.3 is 0 Å². The number of ether oxygens (including phenoxy) is 1. The number of hydrogen-bond donors (Lipinski definition) is 1. The van der Waals surface area contributed by atoms with E-state index in [1.165, 1.54) is 0 Å². The van der Waals surface area contributed by atoms with E-state index in [0.717, 1.165) is 45.7 Å². The molecule has 0 aromatic heterocycles. The van der Waals surface area contributed by atoms with Crippen LogP contribution in [0.25, 0.3) is 0 Å². The van der Waals surface area contributed by atoms with Gasteiger partial charge in [-0.1, -0.05) is 0 Å². The lowest BCUT2D eigenvalue weighted by atomic mass is 10.1. The average Bonchev–Trinajstić information content (AvgIpc) is 2.88. The van der Waals surface area contributed by atoms with Gasteiger partial charge in [-0.05, 0) is 19.4 Å². The van der Waals surface area contributed by atoms with Crippen LogP contribution in [0.3, 0.4) is 0 Å². The Balaban J connectivity index is 0.00000128. The second kappa shape index (κ2) is 6.42. The number of amides is 1. The van der Waals surface area contributed by atoms with Crippen LogP contribution in [0.5, 0.6) is 0 Å². The van der Waals surface area contributed by atoms with E-state index in [-0.39, 0.29) is 18.3 Å². The highest BCUT2D eigenvalue weighted by atomic mass is 35.5. The van der Waals surface area contributed by atoms with Crippen molar-refractivity contribution in [3.8, 4) is 0 Å². The number of nitrogens with one attached hydrogen (secondary N) is 1. The topological polar surface area (TPSA) is 41.6 Å². The van der Waals surface area contributed by atoms with Gasteiger partial charge in [0.15, 0.2) is 0 Å². The highest BCUT2D eigenvalue weighted by Gasteiger charge is 2.27. The normalized spacial score (nSPS) is 28.8. The molecule has 0 bridgehead atoms. The maximum Gasteiger partial charge on any atom is 0.226 e. The van der Waals surface area contributed by atoms with Crippen LogP contribution < -0.4 is 5.32 Å². The highest BCUT2D eigenvalue weighted by Crippen LogP contribution is 2.16. The maximum absolute atomic E-state index is 12.0. The van der Waals surface area contributed by atoms with Gasteiger partial charge in [-0.25, -0.2) is 0 Å². The van der Waals surface area contributed by atoms with E-state index in [2.05, 4.69) is 5.32 Å². The summed E-state index contributed by atoms with van der Waals surface area (Å²) < 4.78 is 5.31. The van der Waals surface area contributed by atoms with Gasteiger partial charge in [0, 0.05) is 32.7 Å². The largest absolute Gasteiger partial charge is 0.381 e. The van der Waals surface area contributed by atoms with E-state index in [4.69, 9.17) is 4.74 Å². The maximum atomic E-state index is 12.0. The fourth-order valence-corrected chi connectivity index (χ4v) is 2.38. The third-order valence-corrected chi connectivity index (χ3v) is 3.34. The summed E-state index contributed by atoms with van der Waals surface area (Å²) in [5, 5.41) is 3.23. The highest BCUT2D eigenvalue weighted by molar-refractivity contribution is 5.85. The minimum Gasteiger partial charge on any atom is -0.381 e. The Hall–Kier alpha value is -0.320. The van der Waals surface area contributed by atoms with Crippen LogP contribution in [0, 0.1) is 11.8 Å². The Morgan fingerprint density at radius 2 is 2.31 bits per heavy atom. The molecular formula is C11H21ClN2O2. The molecule has 94 valence electrons. The second-order valence-corrected chi connectivity index (χ2v) is 4.64. The van der Waals surface area contributed by atoms with E-state index < -0.39 is 0 Å². The Kier molecular flexibility index (Phi) is 5.52. The first-order valence-corrected chi connectivity index (χ1v) is 5.81. The lowest BCUT2D eigenvalue weighted by Gasteiger charge is -2.23. The van der Waals surface area contributed by atoms with Crippen molar-refractivity contribution in [3.05, 3.63) is 0 Å².